The highest BCUT2D eigenvalue weighted by Gasteiger charge is 2.34. The molecule has 0 amide bonds. The van der Waals surface area contributed by atoms with Crippen molar-refractivity contribution in [3.05, 3.63) is 76.0 Å². The lowest BCUT2D eigenvalue weighted by Crippen LogP contribution is -2.27. The van der Waals surface area contributed by atoms with Gasteiger partial charge in [0.05, 0.1) is 4.90 Å². The summed E-state index contributed by atoms with van der Waals surface area (Å²) in [4.78, 5) is 12.8. The maximum absolute atomic E-state index is 12.6. The van der Waals surface area contributed by atoms with E-state index in [2.05, 4.69) is 39.1 Å². The molecule has 1 aliphatic rings. The summed E-state index contributed by atoms with van der Waals surface area (Å²) in [6.45, 7) is 6.21. The Bertz CT molecular complexity index is 1220. The smallest absolute Gasteiger partial charge is 0.261 e. The number of benzene rings is 2. The van der Waals surface area contributed by atoms with Crippen molar-refractivity contribution >= 4 is 37.4 Å². The molecule has 0 spiro atoms. The van der Waals surface area contributed by atoms with Crippen LogP contribution < -0.4 is 4.72 Å². The number of halogens is 1. The number of fused-ring (bicyclic) bond motifs is 1. The first kappa shape index (κ1) is 20.9. The predicted molar refractivity (Wildman–Crippen MR) is 122 cm³/mol. The van der Waals surface area contributed by atoms with E-state index in [0.717, 1.165) is 33.5 Å². The zero-order chi connectivity index (χ0) is 21.7. The van der Waals surface area contributed by atoms with Gasteiger partial charge in [-0.15, -0.1) is 0 Å². The quantitative estimate of drug-likeness (QED) is 0.528. The molecule has 0 radical (unpaired) electrons. The van der Waals surface area contributed by atoms with Gasteiger partial charge in [0.1, 0.15) is 0 Å². The Morgan fingerprint density at radius 1 is 1.00 bits per heavy atom. The Balaban J connectivity index is 1.64. The van der Waals surface area contributed by atoms with Gasteiger partial charge in [-0.3, -0.25) is 9.52 Å². The second-order valence-corrected chi connectivity index (χ2v) is 11.1. The second kappa shape index (κ2) is 7.39. The zero-order valence-electron chi connectivity index (χ0n) is 17.1. The fourth-order valence-corrected chi connectivity index (χ4v) is 5.34. The molecule has 1 N–H and O–H groups in total. The number of aryl methyl sites for hydroxylation is 1. The van der Waals surface area contributed by atoms with Crippen molar-refractivity contribution in [3.63, 3.8) is 0 Å². The number of rotatable bonds is 4. The zero-order valence-corrected chi connectivity index (χ0v) is 19.5. The molecule has 30 heavy (non-hydrogen) atoms. The summed E-state index contributed by atoms with van der Waals surface area (Å²) in [7, 11) is -3.66. The number of carbonyl (C=O) groups excluding carboxylic acids is 1. The van der Waals surface area contributed by atoms with Crippen LogP contribution in [0.4, 0.5) is 5.69 Å². The third kappa shape index (κ3) is 3.96. The van der Waals surface area contributed by atoms with Gasteiger partial charge in [-0.05, 0) is 73.4 Å². The second-order valence-electron chi connectivity index (χ2n) is 8.53. The first-order valence-corrected chi connectivity index (χ1v) is 12.0. The molecule has 0 aliphatic heterocycles. The van der Waals surface area contributed by atoms with Crippen molar-refractivity contribution in [2.24, 2.45) is 5.41 Å². The average molecular weight is 487 g/mol. The van der Waals surface area contributed by atoms with Gasteiger partial charge >= 0.3 is 0 Å². The summed E-state index contributed by atoms with van der Waals surface area (Å²) in [5, 5.41) is 0. The van der Waals surface area contributed by atoms with Gasteiger partial charge in [-0.2, -0.15) is 0 Å². The van der Waals surface area contributed by atoms with E-state index >= 15 is 0 Å². The Morgan fingerprint density at radius 3 is 2.27 bits per heavy atom. The van der Waals surface area contributed by atoms with Crippen LogP contribution in [0.5, 0.6) is 0 Å². The molecule has 1 aliphatic carbocycles. The minimum absolute atomic E-state index is 0.0765. The molecule has 4 rings (SSSR count). The Morgan fingerprint density at radius 2 is 1.63 bits per heavy atom. The van der Waals surface area contributed by atoms with Crippen molar-refractivity contribution in [2.45, 2.75) is 38.5 Å². The van der Waals surface area contributed by atoms with E-state index in [1.54, 1.807) is 36.4 Å². The van der Waals surface area contributed by atoms with Crippen LogP contribution in [0.25, 0.3) is 5.69 Å². The highest BCUT2D eigenvalue weighted by Crippen LogP contribution is 2.37. The molecule has 0 saturated heterocycles. The number of carbonyl (C=O) groups is 1. The molecule has 1 aromatic heterocycles. The Kier molecular flexibility index (Phi) is 5.14. The fraction of sp³-hybridized carbons (Fsp3) is 0.261. The predicted octanol–water partition coefficient (Wildman–Crippen LogP) is 5.50. The van der Waals surface area contributed by atoms with Gasteiger partial charge in [-0.1, -0.05) is 29.8 Å². The highest BCUT2D eigenvalue weighted by atomic mass is 79.9. The molecule has 0 bridgehead atoms. The number of ketones is 1. The maximum atomic E-state index is 12.6. The largest absolute Gasteiger partial charge is 0.317 e. The van der Waals surface area contributed by atoms with E-state index in [0.29, 0.717) is 12.1 Å². The Labute approximate surface area is 185 Å². The number of hydrogen-bond acceptors (Lipinski definition) is 3. The number of nitrogens with zero attached hydrogens (tertiary/aromatic N) is 1. The molecular weight excluding hydrogens is 464 g/mol. The first-order chi connectivity index (χ1) is 14.1. The van der Waals surface area contributed by atoms with Crippen LogP contribution in [0, 0.1) is 12.3 Å². The summed E-state index contributed by atoms with van der Waals surface area (Å²) in [5.74, 6) is 0.182. The standard InChI is InChI=1S/C23H23BrN2O3S/c1-15-12-20-21(13-23(2,3)14-22(20)27)26(15)18-8-6-17(7-9-18)25-30(28,29)19-10-4-16(24)5-11-19/h4-12,25H,13-14H2,1-3H3. The normalized spacial score (nSPS) is 15.7. The van der Waals surface area contributed by atoms with Crippen LogP contribution in [-0.2, 0) is 16.4 Å². The molecule has 7 heteroatoms. The summed E-state index contributed by atoms with van der Waals surface area (Å²) >= 11 is 3.31. The van der Waals surface area contributed by atoms with E-state index in [1.165, 1.54) is 0 Å². The van der Waals surface area contributed by atoms with Gasteiger partial charge in [0, 0.05) is 39.2 Å². The van der Waals surface area contributed by atoms with E-state index in [9.17, 15) is 13.2 Å². The lowest BCUT2D eigenvalue weighted by molar-refractivity contribution is 0.0911. The van der Waals surface area contributed by atoms with Gasteiger partial charge in [0.2, 0.25) is 0 Å². The molecule has 3 aromatic rings. The van der Waals surface area contributed by atoms with Crippen LogP contribution in [0.2, 0.25) is 0 Å². The van der Waals surface area contributed by atoms with Crippen molar-refractivity contribution in [1.82, 2.24) is 4.57 Å². The van der Waals surface area contributed by atoms with Gasteiger partial charge < -0.3 is 4.57 Å². The number of sulfonamides is 1. The number of nitrogens with one attached hydrogen (secondary N) is 1. The number of Topliss-reactive ketones (excluding diaryl/α,β-unsaturated/α-hetero) is 1. The number of anilines is 1. The summed E-state index contributed by atoms with van der Waals surface area (Å²) in [6, 6.07) is 15.7. The van der Waals surface area contributed by atoms with Crippen molar-refractivity contribution in [2.75, 3.05) is 4.72 Å². The minimum Gasteiger partial charge on any atom is -0.317 e. The summed E-state index contributed by atoms with van der Waals surface area (Å²) in [6.07, 6.45) is 1.38. The highest BCUT2D eigenvalue weighted by molar-refractivity contribution is 9.10. The van der Waals surface area contributed by atoms with Gasteiger partial charge in [0.15, 0.2) is 5.78 Å². The SMILES string of the molecule is Cc1cc2c(n1-c1ccc(NS(=O)(=O)c3ccc(Br)cc3)cc1)CC(C)(C)CC2=O. The lowest BCUT2D eigenvalue weighted by Gasteiger charge is -2.30. The molecule has 1 heterocycles. The molecule has 0 saturated carbocycles. The Hall–Kier alpha value is -2.38. The molecule has 2 aromatic carbocycles. The molecule has 156 valence electrons. The number of aromatic nitrogens is 1. The van der Waals surface area contributed by atoms with Crippen molar-refractivity contribution < 1.29 is 13.2 Å². The van der Waals surface area contributed by atoms with Crippen LogP contribution >= 0.6 is 15.9 Å². The summed E-state index contributed by atoms with van der Waals surface area (Å²) in [5.41, 5.74) is 4.13. The number of hydrogen-bond donors (Lipinski definition) is 1. The van der Waals surface area contributed by atoms with Crippen molar-refractivity contribution in [1.29, 1.82) is 0 Å². The van der Waals surface area contributed by atoms with E-state index in [1.807, 2.05) is 25.1 Å². The monoisotopic (exact) mass is 486 g/mol. The lowest BCUT2D eigenvalue weighted by atomic mass is 9.76. The van der Waals surface area contributed by atoms with Gasteiger partial charge in [-0.25, -0.2) is 8.42 Å². The maximum Gasteiger partial charge on any atom is 0.261 e. The third-order valence-electron chi connectivity index (χ3n) is 5.37. The topological polar surface area (TPSA) is 68.2 Å². The molecule has 0 fully saturated rings. The van der Waals surface area contributed by atoms with Crippen LogP contribution in [0.15, 0.2) is 64.0 Å². The molecule has 0 atom stereocenters. The fourth-order valence-electron chi connectivity index (χ4n) is 4.02. The molecule has 5 nitrogen and oxygen atoms in total. The van der Waals surface area contributed by atoms with Crippen LogP contribution in [0.3, 0.4) is 0 Å². The first-order valence-electron chi connectivity index (χ1n) is 9.69. The molecule has 0 unspecified atom stereocenters. The van der Waals surface area contributed by atoms with E-state index in [4.69, 9.17) is 0 Å². The minimum atomic E-state index is -3.66. The third-order valence-corrected chi connectivity index (χ3v) is 7.30. The summed E-state index contributed by atoms with van der Waals surface area (Å²) < 4.78 is 30.8. The molecular formula is C23H23BrN2O3S. The van der Waals surface area contributed by atoms with Crippen molar-refractivity contribution in [3.8, 4) is 5.69 Å². The van der Waals surface area contributed by atoms with Crippen LogP contribution in [0.1, 0.15) is 42.0 Å². The van der Waals surface area contributed by atoms with E-state index in [-0.39, 0.29) is 16.1 Å². The van der Waals surface area contributed by atoms with Gasteiger partial charge in [0.25, 0.3) is 10.0 Å². The van der Waals surface area contributed by atoms with E-state index < -0.39 is 10.0 Å². The van der Waals surface area contributed by atoms with Crippen LogP contribution in [-0.4, -0.2) is 18.8 Å². The average Bonchev–Trinajstić information content (AvgIpc) is 2.98.